The Labute approximate surface area is 508 Å². The topological polar surface area (TPSA) is 78.9 Å². The molecule has 0 spiro atoms. The van der Waals surface area contributed by atoms with Gasteiger partial charge in [-0.1, -0.05) is 298 Å². The molecule has 0 radical (unpaired) electrons. The zero-order valence-electron chi connectivity index (χ0n) is 54.2. The van der Waals surface area contributed by atoms with Gasteiger partial charge in [-0.25, -0.2) is 0 Å². The van der Waals surface area contributed by atoms with E-state index in [4.69, 9.17) is 14.2 Å². The fraction of sp³-hybridized carbons (Fsp3) is 0.750. The normalized spacial score (nSPS) is 12.7. The molecular weight excluding hydrogens is 1010 g/mol. The van der Waals surface area contributed by atoms with Crippen LogP contribution in [-0.4, -0.2) is 37.2 Å². The van der Waals surface area contributed by atoms with Crippen molar-refractivity contribution in [2.75, 3.05) is 13.2 Å². The van der Waals surface area contributed by atoms with Crippen LogP contribution < -0.4 is 0 Å². The van der Waals surface area contributed by atoms with E-state index in [1.165, 1.54) is 199 Å². The maximum absolute atomic E-state index is 13.0. The zero-order valence-corrected chi connectivity index (χ0v) is 54.2. The highest BCUT2D eigenvalue weighted by Gasteiger charge is 2.19. The molecule has 0 aromatic carbocycles. The Morgan fingerprint density at radius 2 is 0.439 bits per heavy atom. The van der Waals surface area contributed by atoms with Crippen LogP contribution in [0.4, 0.5) is 0 Å². The van der Waals surface area contributed by atoms with Crippen LogP contribution in [0.2, 0.25) is 0 Å². The summed E-state index contributed by atoms with van der Waals surface area (Å²) in [6.45, 7) is 6.62. The lowest BCUT2D eigenvalue weighted by molar-refractivity contribution is -0.167. The van der Waals surface area contributed by atoms with Crippen molar-refractivity contribution in [3.05, 3.63) is 97.2 Å². The monoisotopic (exact) mass is 1140 g/mol. The molecule has 0 aliphatic carbocycles. The molecule has 0 fully saturated rings. The first-order chi connectivity index (χ1) is 40.5. The van der Waals surface area contributed by atoms with Crippen LogP contribution in [0.3, 0.4) is 0 Å². The molecule has 0 saturated heterocycles. The summed E-state index contributed by atoms with van der Waals surface area (Å²) < 4.78 is 17.0. The van der Waals surface area contributed by atoms with Crippen LogP contribution in [0.25, 0.3) is 0 Å². The number of allylic oxidation sites excluding steroid dienone is 16. The molecule has 0 aromatic heterocycles. The molecule has 6 heteroatoms. The van der Waals surface area contributed by atoms with Gasteiger partial charge in [0.05, 0.1) is 0 Å². The summed E-state index contributed by atoms with van der Waals surface area (Å²) in [7, 11) is 0. The van der Waals surface area contributed by atoms with Gasteiger partial charge in [-0.3, -0.25) is 14.4 Å². The van der Waals surface area contributed by atoms with Gasteiger partial charge >= 0.3 is 17.9 Å². The molecule has 0 amide bonds. The standard InChI is InChI=1S/C76H132O6/c1-4-7-10-13-16-19-22-25-28-31-33-35-37-38-40-41-43-45-48-51-54-57-60-63-66-69-75(78)81-72-73(71-80-74(77)68-65-62-59-56-53-50-47-30-27-24-21-18-15-12-9-6-3)82-76(79)70-67-64-61-58-55-52-49-46-44-42-39-36-34-32-29-26-23-20-17-14-11-8-5-2/h21-26,30-34,37-39,42,47,73H,4-20,27-29,35-36,40-41,43-46,48-72H2,1-3H3/b24-21-,25-22-,26-23-,33-31-,34-32-,38-37-,42-39-,47-30-. The highest BCUT2D eigenvalue weighted by Crippen LogP contribution is 2.16. The van der Waals surface area contributed by atoms with Crippen LogP contribution in [0.1, 0.15) is 348 Å². The third kappa shape index (κ3) is 67.1. The van der Waals surface area contributed by atoms with Crippen molar-refractivity contribution < 1.29 is 28.6 Å². The van der Waals surface area contributed by atoms with Crippen molar-refractivity contribution >= 4 is 17.9 Å². The molecule has 472 valence electrons. The van der Waals surface area contributed by atoms with E-state index in [2.05, 4.69) is 118 Å². The van der Waals surface area contributed by atoms with Crippen molar-refractivity contribution in [3.8, 4) is 0 Å². The van der Waals surface area contributed by atoms with E-state index in [1.807, 2.05) is 0 Å². The number of esters is 3. The van der Waals surface area contributed by atoms with Crippen molar-refractivity contribution in [2.24, 2.45) is 0 Å². The van der Waals surface area contributed by atoms with Gasteiger partial charge in [-0.2, -0.15) is 0 Å². The van der Waals surface area contributed by atoms with E-state index >= 15 is 0 Å². The molecule has 1 atom stereocenters. The predicted molar refractivity (Wildman–Crippen MR) is 357 cm³/mol. The van der Waals surface area contributed by atoms with E-state index < -0.39 is 6.10 Å². The number of hydrogen-bond acceptors (Lipinski definition) is 6. The van der Waals surface area contributed by atoms with Gasteiger partial charge in [0.15, 0.2) is 6.10 Å². The SMILES string of the molecule is CCCCCC/C=C\C/C=C\CCCCCCCC(=O)OCC(COC(=O)CCCCCCCCCCCC/C=C\C/C=C\C/C=C\CCCCCCC)OC(=O)CCCCCCCCCC/C=C\C/C=C\C/C=C\CCCCCCC. The van der Waals surface area contributed by atoms with Crippen LogP contribution >= 0.6 is 0 Å². The Morgan fingerprint density at radius 1 is 0.244 bits per heavy atom. The molecule has 0 heterocycles. The molecular formula is C76H132O6. The number of carbonyl (C=O) groups excluding carboxylic acids is 3. The van der Waals surface area contributed by atoms with Gasteiger partial charge in [0, 0.05) is 19.3 Å². The second kappa shape index (κ2) is 69.8. The van der Waals surface area contributed by atoms with Gasteiger partial charge in [0.25, 0.3) is 0 Å². The Hall–Kier alpha value is -3.67. The van der Waals surface area contributed by atoms with Crippen LogP contribution in [0, 0.1) is 0 Å². The summed E-state index contributed by atoms with van der Waals surface area (Å²) in [6.07, 6.45) is 94.2. The van der Waals surface area contributed by atoms with Crippen LogP contribution in [0.15, 0.2) is 97.2 Å². The fourth-order valence-electron chi connectivity index (χ4n) is 9.96. The van der Waals surface area contributed by atoms with Crippen LogP contribution in [-0.2, 0) is 28.6 Å². The molecule has 0 aliphatic rings. The minimum atomic E-state index is -0.793. The molecule has 82 heavy (non-hydrogen) atoms. The lowest BCUT2D eigenvalue weighted by Crippen LogP contribution is -2.30. The largest absolute Gasteiger partial charge is 0.462 e. The summed E-state index contributed by atoms with van der Waals surface area (Å²) in [5.74, 6) is -0.897. The van der Waals surface area contributed by atoms with Gasteiger partial charge in [-0.15, -0.1) is 0 Å². The highest BCUT2D eigenvalue weighted by atomic mass is 16.6. The average Bonchev–Trinajstić information content (AvgIpc) is 3.48. The Kier molecular flexibility index (Phi) is 66.7. The Balaban J connectivity index is 4.39. The minimum Gasteiger partial charge on any atom is -0.462 e. The first kappa shape index (κ1) is 78.3. The Morgan fingerprint density at radius 3 is 0.695 bits per heavy atom. The van der Waals surface area contributed by atoms with Gasteiger partial charge < -0.3 is 14.2 Å². The maximum atomic E-state index is 13.0. The number of unbranched alkanes of at least 4 members (excludes halogenated alkanes) is 37. The summed E-state index contributed by atoms with van der Waals surface area (Å²) >= 11 is 0. The lowest BCUT2D eigenvalue weighted by Gasteiger charge is -2.18. The number of carbonyl (C=O) groups is 3. The average molecular weight is 1140 g/mol. The number of rotatable bonds is 64. The molecule has 1 unspecified atom stereocenters. The first-order valence-corrected chi connectivity index (χ1v) is 35.2. The molecule has 0 saturated carbocycles. The highest BCUT2D eigenvalue weighted by molar-refractivity contribution is 5.71. The third-order valence-electron chi connectivity index (χ3n) is 15.3. The van der Waals surface area contributed by atoms with Gasteiger partial charge in [0.2, 0.25) is 0 Å². The van der Waals surface area contributed by atoms with Crippen molar-refractivity contribution in [2.45, 2.75) is 354 Å². The van der Waals surface area contributed by atoms with Crippen molar-refractivity contribution in [1.82, 2.24) is 0 Å². The molecule has 0 N–H and O–H groups in total. The number of ether oxygens (including phenoxy) is 3. The molecule has 0 rings (SSSR count). The van der Waals surface area contributed by atoms with Crippen LogP contribution in [0.5, 0.6) is 0 Å². The Bertz CT molecular complexity index is 1590. The minimum absolute atomic E-state index is 0.0865. The van der Waals surface area contributed by atoms with Gasteiger partial charge in [0.1, 0.15) is 13.2 Å². The molecule has 0 aliphatic heterocycles. The zero-order chi connectivity index (χ0) is 59.2. The van der Waals surface area contributed by atoms with E-state index in [-0.39, 0.29) is 31.1 Å². The predicted octanol–water partition coefficient (Wildman–Crippen LogP) is 24.4. The number of hydrogen-bond donors (Lipinski definition) is 0. The summed E-state index contributed by atoms with van der Waals surface area (Å²) in [6, 6.07) is 0. The van der Waals surface area contributed by atoms with Crippen molar-refractivity contribution in [3.63, 3.8) is 0 Å². The molecule has 0 aromatic rings. The first-order valence-electron chi connectivity index (χ1n) is 35.2. The van der Waals surface area contributed by atoms with E-state index in [0.29, 0.717) is 19.3 Å². The second-order valence-corrected chi connectivity index (χ2v) is 23.4. The van der Waals surface area contributed by atoms with Crippen molar-refractivity contribution in [1.29, 1.82) is 0 Å². The molecule has 0 bridgehead atoms. The second-order valence-electron chi connectivity index (χ2n) is 23.4. The molecule has 6 nitrogen and oxygen atoms in total. The van der Waals surface area contributed by atoms with Gasteiger partial charge in [-0.05, 0) is 128 Å². The quantitative estimate of drug-likeness (QED) is 0.0261. The smallest absolute Gasteiger partial charge is 0.306 e. The lowest BCUT2D eigenvalue weighted by atomic mass is 10.1. The third-order valence-corrected chi connectivity index (χ3v) is 15.3. The summed E-state index contributed by atoms with van der Waals surface area (Å²) in [5.41, 5.74) is 0. The summed E-state index contributed by atoms with van der Waals surface area (Å²) in [4.78, 5) is 38.5. The fourth-order valence-corrected chi connectivity index (χ4v) is 9.96. The maximum Gasteiger partial charge on any atom is 0.306 e. The van der Waals surface area contributed by atoms with E-state index in [0.717, 1.165) is 109 Å². The van der Waals surface area contributed by atoms with E-state index in [9.17, 15) is 14.4 Å². The summed E-state index contributed by atoms with van der Waals surface area (Å²) in [5, 5.41) is 0. The van der Waals surface area contributed by atoms with E-state index in [1.54, 1.807) is 0 Å².